The second-order valence-corrected chi connectivity index (χ2v) is 3.87. The number of rotatable bonds is 5. The van der Waals surface area contributed by atoms with Crippen LogP contribution in [0.25, 0.3) is 0 Å². The van der Waals surface area contributed by atoms with Crippen molar-refractivity contribution in [3.05, 3.63) is 48.0 Å². The van der Waals surface area contributed by atoms with Crippen LogP contribution in [0.4, 0.5) is 0 Å². The van der Waals surface area contributed by atoms with E-state index in [1.54, 1.807) is 0 Å². The van der Waals surface area contributed by atoms with Crippen molar-refractivity contribution in [1.29, 1.82) is 0 Å². The minimum absolute atomic E-state index is 0.0447. The first-order valence-corrected chi connectivity index (χ1v) is 5.32. The van der Waals surface area contributed by atoms with Crippen LogP contribution in [0.5, 0.6) is 0 Å². The Labute approximate surface area is 96.3 Å². The molecule has 0 aromatic heterocycles. The van der Waals surface area contributed by atoms with Crippen LogP contribution in [0.15, 0.2) is 42.5 Å². The SMILES string of the molecule is C=C(C)CNC(=O)C(CN)c1ccccc1. The maximum Gasteiger partial charge on any atom is 0.229 e. The van der Waals surface area contributed by atoms with Gasteiger partial charge in [-0.2, -0.15) is 0 Å². The van der Waals surface area contributed by atoms with Gasteiger partial charge in [0, 0.05) is 13.1 Å². The van der Waals surface area contributed by atoms with Crippen LogP contribution < -0.4 is 11.1 Å². The van der Waals surface area contributed by atoms with Gasteiger partial charge in [0.25, 0.3) is 0 Å². The second-order valence-electron chi connectivity index (χ2n) is 3.87. The Morgan fingerprint density at radius 2 is 2.06 bits per heavy atom. The molecular weight excluding hydrogens is 200 g/mol. The van der Waals surface area contributed by atoms with E-state index in [1.807, 2.05) is 37.3 Å². The smallest absolute Gasteiger partial charge is 0.229 e. The van der Waals surface area contributed by atoms with E-state index in [9.17, 15) is 4.79 Å². The molecule has 0 heterocycles. The minimum Gasteiger partial charge on any atom is -0.352 e. The highest BCUT2D eigenvalue weighted by Crippen LogP contribution is 2.13. The van der Waals surface area contributed by atoms with Crippen molar-refractivity contribution in [3.8, 4) is 0 Å². The third-order valence-electron chi connectivity index (χ3n) is 2.32. The molecule has 1 rings (SSSR count). The van der Waals surface area contributed by atoms with E-state index in [4.69, 9.17) is 5.73 Å². The zero-order valence-corrected chi connectivity index (χ0v) is 9.57. The molecule has 0 aliphatic heterocycles. The van der Waals surface area contributed by atoms with E-state index in [1.165, 1.54) is 0 Å². The van der Waals surface area contributed by atoms with Crippen LogP contribution in [0.2, 0.25) is 0 Å². The zero-order valence-electron chi connectivity index (χ0n) is 9.57. The summed E-state index contributed by atoms with van der Waals surface area (Å²) in [5, 5.41) is 2.81. The van der Waals surface area contributed by atoms with Crippen molar-refractivity contribution in [2.24, 2.45) is 5.73 Å². The Bertz CT molecular complexity index is 359. The van der Waals surface area contributed by atoms with E-state index in [-0.39, 0.29) is 11.8 Å². The van der Waals surface area contributed by atoms with Crippen LogP contribution in [0, 0.1) is 0 Å². The van der Waals surface area contributed by atoms with Gasteiger partial charge in [-0.1, -0.05) is 42.5 Å². The van der Waals surface area contributed by atoms with Crippen molar-refractivity contribution < 1.29 is 4.79 Å². The van der Waals surface area contributed by atoms with Gasteiger partial charge in [0.15, 0.2) is 0 Å². The van der Waals surface area contributed by atoms with Crippen LogP contribution in [0.1, 0.15) is 18.4 Å². The standard InChI is InChI=1S/C13H18N2O/c1-10(2)9-15-13(16)12(8-14)11-6-4-3-5-7-11/h3-7,12H,1,8-9,14H2,2H3,(H,15,16). The average Bonchev–Trinajstić information content (AvgIpc) is 2.29. The zero-order chi connectivity index (χ0) is 12.0. The molecule has 1 atom stereocenters. The summed E-state index contributed by atoms with van der Waals surface area (Å²) in [5.41, 5.74) is 7.51. The summed E-state index contributed by atoms with van der Waals surface area (Å²) < 4.78 is 0. The molecule has 0 saturated heterocycles. The Balaban J connectivity index is 2.68. The van der Waals surface area contributed by atoms with Crippen molar-refractivity contribution in [3.63, 3.8) is 0 Å². The van der Waals surface area contributed by atoms with E-state index >= 15 is 0 Å². The van der Waals surface area contributed by atoms with Gasteiger partial charge in [-0.15, -0.1) is 0 Å². The number of carbonyl (C=O) groups is 1. The molecule has 0 aliphatic rings. The van der Waals surface area contributed by atoms with Gasteiger partial charge in [-0.25, -0.2) is 0 Å². The third-order valence-corrected chi connectivity index (χ3v) is 2.32. The molecular formula is C13H18N2O. The van der Waals surface area contributed by atoms with Gasteiger partial charge in [0.2, 0.25) is 5.91 Å². The summed E-state index contributed by atoms with van der Waals surface area (Å²) in [5.74, 6) is -0.322. The van der Waals surface area contributed by atoms with Crippen molar-refractivity contribution >= 4 is 5.91 Å². The van der Waals surface area contributed by atoms with E-state index in [0.29, 0.717) is 13.1 Å². The highest BCUT2D eigenvalue weighted by molar-refractivity contribution is 5.84. The maximum atomic E-state index is 11.8. The summed E-state index contributed by atoms with van der Waals surface area (Å²) >= 11 is 0. The number of benzene rings is 1. The lowest BCUT2D eigenvalue weighted by Gasteiger charge is -2.15. The predicted octanol–water partition coefficient (Wildman–Crippen LogP) is 1.42. The molecule has 3 nitrogen and oxygen atoms in total. The van der Waals surface area contributed by atoms with Crippen LogP contribution in [0.3, 0.4) is 0 Å². The van der Waals surface area contributed by atoms with Gasteiger partial charge in [0.05, 0.1) is 5.92 Å². The average molecular weight is 218 g/mol. The van der Waals surface area contributed by atoms with Gasteiger partial charge in [-0.05, 0) is 12.5 Å². The Morgan fingerprint density at radius 1 is 1.44 bits per heavy atom. The van der Waals surface area contributed by atoms with Crippen molar-refractivity contribution in [2.45, 2.75) is 12.8 Å². The van der Waals surface area contributed by atoms with Crippen LogP contribution in [-0.2, 0) is 4.79 Å². The van der Waals surface area contributed by atoms with Crippen molar-refractivity contribution in [2.75, 3.05) is 13.1 Å². The molecule has 0 fully saturated rings. The molecule has 0 saturated carbocycles. The number of carbonyl (C=O) groups excluding carboxylic acids is 1. The molecule has 3 heteroatoms. The molecule has 0 bridgehead atoms. The first-order chi connectivity index (χ1) is 7.65. The Kier molecular flexibility index (Phi) is 4.73. The molecule has 16 heavy (non-hydrogen) atoms. The molecule has 1 aromatic carbocycles. The normalized spacial score (nSPS) is 11.9. The molecule has 0 radical (unpaired) electrons. The third kappa shape index (κ3) is 3.51. The van der Waals surface area contributed by atoms with Gasteiger partial charge < -0.3 is 11.1 Å². The molecule has 0 aliphatic carbocycles. The maximum absolute atomic E-state index is 11.8. The predicted molar refractivity (Wildman–Crippen MR) is 66.1 cm³/mol. The monoisotopic (exact) mass is 218 g/mol. The summed E-state index contributed by atoms with van der Waals surface area (Å²) in [6, 6.07) is 9.56. The van der Waals surface area contributed by atoms with Gasteiger partial charge in [0.1, 0.15) is 0 Å². The summed E-state index contributed by atoms with van der Waals surface area (Å²) in [6.07, 6.45) is 0. The van der Waals surface area contributed by atoms with E-state index in [0.717, 1.165) is 11.1 Å². The lowest BCUT2D eigenvalue weighted by molar-refractivity contribution is -0.122. The van der Waals surface area contributed by atoms with Gasteiger partial charge >= 0.3 is 0 Å². The number of hydrogen-bond donors (Lipinski definition) is 2. The summed E-state index contributed by atoms with van der Waals surface area (Å²) in [4.78, 5) is 11.8. The molecule has 3 N–H and O–H groups in total. The minimum atomic E-state index is -0.277. The lowest BCUT2D eigenvalue weighted by Crippen LogP contribution is -2.34. The number of nitrogens with one attached hydrogen (secondary N) is 1. The lowest BCUT2D eigenvalue weighted by atomic mass is 9.98. The van der Waals surface area contributed by atoms with E-state index in [2.05, 4.69) is 11.9 Å². The van der Waals surface area contributed by atoms with Crippen molar-refractivity contribution in [1.82, 2.24) is 5.32 Å². The Hall–Kier alpha value is -1.61. The number of amides is 1. The second kappa shape index (κ2) is 6.08. The topological polar surface area (TPSA) is 55.1 Å². The van der Waals surface area contributed by atoms with Gasteiger partial charge in [-0.3, -0.25) is 4.79 Å². The molecule has 86 valence electrons. The molecule has 1 amide bonds. The molecule has 0 spiro atoms. The fraction of sp³-hybridized carbons (Fsp3) is 0.308. The summed E-state index contributed by atoms with van der Waals surface area (Å²) in [7, 11) is 0. The van der Waals surface area contributed by atoms with Crippen LogP contribution in [-0.4, -0.2) is 19.0 Å². The highest BCUT2D eigenvalue weighted by Gasteiger charge is 2.17. The van der Waals surface area contributed by atoms with E-state index < -0.39 is 0 Å². The summed E-state index contributed by atoms with van der Waals surface area (Å²) in [6.45, 7) is 6.43. The fourth-order valence-electron chi connectivity index (χ4n) is 1.44. The molecule has 1 aromatic rings. The molecule has 1 unspecified atom stereocenters. The first kappa shape index (κ1) is 12.5. The largest absolute Gasteiger partial charge is 0.352 e. The Morgan fingerprint density at radius 3 is 2.56 bits per heavy atom. The highest BCUT2D eigenvalue weighted by atomic mass is 16.1. The fourth-order valence-corrected chi connectivity index (χ4v) is 1.44. The van der Waals surface area contributed by atoms with Crippen LogP contribution >= 0.6 is 0 Å². The number of nitrogens with two attached hydrogens (primary N) is 1. The number of hydrogen-bond acceptors (Lipinski definition) is 2. The first-order valence-electron chi connectivity index (χ1n) is 5.32. The quantitative estimate of drug-likeness (QED) is 0.734.